The van der Waals surface area contributed by atoms with E-state index in [4.69, 9.17) is 11.6 Å². The van der Waals surface area contributed by atoms with E-state index in [9.17, 15) is 4.39 Å². The molecule has 0 aliphatic carbocycles. The normalized spacial score (nSPS) is 12.9. The van der Waals surface area contributed by atoms with Crippen molar-refractivity contribution in [1.82, 2.24) is 5.32 Å². The van der Waals surface area contributed by atoms with Gasteiger partial charge in [0.05, 0.1) is 0 Å². The lowest BCUT2D eigenvalue weighted by Gasteiger charge is -2.15. The van der Waals surface area contributed by atoms with Crippen molar-refractivity contribution in [3.63, 3.8) is 0 Å². The second-order valence-electron chi connectivity index (χ2n) is 5.94. The highest BCUT2D eigenvalue weighted by molar-refractivity contribution is 6.31. The van der Waals surface area contributed by atoms with Crippen LogP contribution in [0, 0.1) is 11.7 Å². The van der Waals surface area contributed by atoms with Crippen LogP contribution in [-0.2, 0) is 0 Å². The van der Waals surface area contributed by atoms with E-state index in [1.54, 1.807) is 6.07 Å². The van der Waals surface area contributed by atoms with Crippen molar-refractivity contribution in [1.29, 1.82) is 0 Å². The molecule has 1 rings (SSSR count). The van der Waals surface area contributed by atoms with Crippen molar-refractivity contribution < 1.29 is 4.39 Å². The second-order valence-corrected chi connectivity index (χ2v) is 6.35. The van der Waals surface area contributed by atoms with E-state index in [-0.39, 0.29) is 11.9 Å². The molecule has 0 saturated carbocycles. The summed E-state index contributed by atoms with van der Waals surface area (Å²) in [4.78, 5) is 0. The average molecular weight is 300 g/mol. The Kier molecular flexibility index (Phi) is 8.16. The molecule has 0 aliphatic rings. The van der Waals surface area contributed by atoms with Gasteiger partial charge >= 0.3 is 0 Å². The Hall–Kier alpha value is -0.600. The predicted octanol–water partition coefficient (Wildman–Crippen LogP) is 5.74. The topological polar surface area (TPSA) is 12.0 Å². The summed E-state index contributed by atoms with van der Waals surface area (Å²) in [5, 5.41) is 3.95. The summed E-state index contributed by atoms with van der Waals surface area (Å²) >= 11 is 6.06. The Morgan fingerprint density at radius 2 is 1.80 bits per heavy atom. The first kappa shape index (κ1) is 17.5. The van der Waals surface area contributed by atoms with E-state index in [2.05, 4.69) is 26.1 Å². The summed E-state index contributed by atoms with van der Waals surface area (Å²) in [6.45, 7) is 7.60. The minimum absolute atomic E-state index is 0.166. The standard InChI is InChI=1S/C17H27ClFN/c1-13(2)8-6-4-5-7-11-20-14(3)16-10-9-15(19)12-17(16)18/h9-10,12-14,20H,4-8,11H2,1-3H3. The van der Waals surface area contributed by atoms with Crippen LogP contribution in [-0.4, -0.2) is 6.54 Å². The summed E-state index contributed by atoms with van der Waals surface area (Å²) in [5.41, 5.74) is 0.966. The van der Waals surface area contributed by atoms with Crippen LogP contribution < -0.4 is 5.32 Å². The van der Waals surface area contributed by atoms with E-state index < -0.39 is 0 Å². The number of benzene rings is 1. The van der Waals surface area contributed by atoms with Crippen molar-refractivity contribution in [3.8, 4) is 0 Å². The fraction of sp³-hybridized carbons (Fsp3) is 0.647. The molecule has 114 valence electrons. The third-order valence-corrected chi connectivity index (χ3v) is 3.92. The monoisotopic (exact) mass is 299 g/mol. The highest BCUT2D eigenvalue weighted by atomic mass is 35.5. The molecule has 0 fully saturated rings. The molecule has 0 amide bonds. The minimum atomic E-state index is -0.281. The first-order valence-electron chi connectivity index (χ1n) is 7.69. The van der Waals surface area contributed by atoms with Crippen molar-refractivity contribution in [2.24, 2.45) is 5.92 Å². The maximum Gasteiger partial charge on any atom is 0.124 e. The zero-order valence-corrected chi connectivity index (χ0v) is 13.6. The fourth-order valence-electron chi connectivity index (χ4n) is 2.31. The van der Waals surface area contributed by atoms with Gasteiger partial charge in [0, 0.05) is 11.1 Å². The van der Waals surface area contributed by atoms with Crippen LogP contribution in [0.1, 0.15) is 64.5 Å². The molecule has 0 saturated heterocycles. The number of hydrogen-bond donors (Lipinski definition) is 1. The Morgan fingerprint density at radius 3 is 2.45 bits per heavy atom. The molecule has 0 radical (unpaired) electrons. The molecule has 1 unspecified atom stereocenters. The maximum absolute atomic E-state index is 13.0. The van der Waals surface area contributed by atoms with Gasteiger partial charge in [-0.3, -0.25) is 0 Å². The van der Waals surface area contributed by atoms with Crippen LogP contribution in [0.2, 0.25) is 5.02 Å². The van der Waals surface area contributed by atoms with Crippen molar-refractivity contribution in [2.75, 3.05) is 6.54 Å². The zero-order valence-electron chi connectivity index (χ0n) is 12.9. The largest absolute Gasteiger partial charge is 0.310 e. The highest BCUT2D eigenvalue weighted by Crippen LogP contribution is 2.23. The Balaban J connectivity index is 2.18. The summed E-state index contributed by atoms with van der Waals surface area (Å²) < 4.78 is 13.0. The SMILES string of the molecule is CC(C)CCCCCCNC(C)c1ccc(F)cc1Cl. The molecule has 1 N–H and O–H groups in total. The molecule has 0 bridgehead atoms. The van der Waals surface area contributed by atoms with Crippen molar-refractivity contribution in [2.45, 2.75) is 58.9 Å². The zero-order chi connectivity index (χ0) is 15.0. The molecule has 1 aromatic carbocycles. The predicted molar refractivity (Wildman–Crippen MR) is 85.8 cm³/mol. The van der Waals surface area contributed by atoms with Crippen LogP contribution in [0.25, 0.3) is 0 Å². The van der Waals surface area contributed by atoms with Gasteiger partial charge in [-0.1, -0.05) is 57.2 Å². The average Bonchev–Trinajstić information content (AvgIpc) is 2.37. The molecule has 0 aromatic heterocycles. The molecule has 0 spiro atoms. The smallest absolute Gasteiger partial charge is 0.124 e. The molecule has 1 aromatic rings. The van der Waals surface area contributed by atoms with Crippen molar-refractivity contribution in [3.05, 3.63) is 34.6 Å². The van der Waals surface area contributed by atoms with Crippen LogP contribution in [0.15, 0.2) is 18.2 Å². The van der Waals surface area contributed by atoms with Gasteiger partial charge in [-0.2, -0.15) is 0 Å². The third-order valence-electron chi connectivity index (χ3n) is 3.59. The number of hydrogen-bond acceptors (Lipinski definition) is 1. The Labute approximate surface area is 127 Å². The molecule has 1 nitrogen and oxygen atoms in total. The van der Waals surface area contributed by atoms with Crippen LogP contribution in [0.5, 0.6) is 0 Å². The molecule has 0 aliphatic heterocycles. The lowest BCUT2D eigenvalue weighted by molar-refractivity contribution is 0.498. The van der Waals surface area contributed by atoms with Gasteiger partial charge in [-0.25, -0.2) is 4.39 Å². The fourth-order valence-corrected chi connectivity index (χ4v) is 2.64. The lowest BCUT2D eigenvalue weighted by Crippen LogP contribution is -2.20. The molecule has 3 heteroatoms. The molecular formula is C17H27ClFN. The number of nitrogens with one attached hydrogen (secondary N) is 1. The van der Waals surface area contributed by atoms with Crippen LogP contribution >= 0.6 is 11.6 Å². The third kappa shape index (κ3) is 6.71. The van der Waals surface area contributed by atoms with Crippen LogP contribution in [0.3, 0.4) is 0 Å². The van der Waals surface area contributed by atoms with Gasteiger partial charge in [0.1, 0.15) is 5.82 Å². The van der Waals surface area contributed by atoms with Gasteiger partial charge < -0.3 is 5.32 Å². The van der Waals surface area contributed by atoms with E-state index in [0.717, 1.165) is 18.0 Å². The summed E-state index contributed by atoms with van der Waals surface area (Å²) in [5.74, 6) is 0.532. The quantitative estimate of drug-likeness (QED) is 0.574. The first-order valence-corrected chi connectivity index (χ1v) is 8.07. The van der Waals surface area contributed by atoms with Gasteiger partial charge in [-0.15, -0.1) is 0 Å². The van der Waals surface area contributed by atoms with Gasteiger partial charge in [0.15, 0.2) is 0 Å². The van der Waals surface area contributed by atoms with E-state index in [0.29, 0.717) is 5.02 Å². The number of rotatable bonds is 9. The maximum atomic E-state index is 13.0. The van der Waals surface area contributed by atoms with E-state index in [1.807, 2.05) is 0 Å². The Morgan fingerprint density at radius 1 is 1.10 bits per heavy atom. The summed E-state index contributed by atoms with van der Waals surface area (Å²) in [6, 6.07) is 4.77. The number of halogens is 2. The van der Waals surface area contributed by atoms with Gasteiger partial charge in [0.2, 0.25) is 0 Å². The van der Waals surface area contributed by atoms with E-state index in [1.165, 1.54) is 44.2 Å². The van der Waals surface area contributed by atoms with Crippen LogP contribution in [0.4, 0.5) is 4.39 Å². The highest BCUT2D eigenvalue weighted by Gasteiger charge is 2.09. The first-order chi connectivity index (χ1) is 9.50. The Bertz CT molecular complexity index is 393. The second kappa shape index (κ2) is 9.36. The van der Waals surface area contributed by atoms with Crippen molar-refractivity contribution >= 4 is 11.6 Å². The summed E-state index contributed by atoms with van der Waals surface area (Å²) in [6.07, 6.45) is 6.42. The van der Waals surface area contributed by atoms with Gasteiger partial charge in [-0.05, 0) is 43.5 Å². The number of unbranched alkanes of at least 4 members (excludes halogenated alkanes) is 3. The lowest BCUT2D eigenvalue weighted by atomic mass is 10.0. The molecule has 1 atom stereocenters. The molecular weight excluding hydrogens is 273 g/mol. The minimum Gasteiger partial charge on any atom is -0.310 e. The van der Waals surface area contributed by atoms with Gasteiger partial charge in [0.25, 0.3) is 0 Å². The molecule has 20 heavy (non-hydrogen) atoms. The van der Waals surface area contributed by atoms with E-state index >= 15 is 0 Å². The summed E-state index contributed by atoms with van der Waals surface area (Å²) in [7, 11) is 0. The molecule has 0 heterocycles.